The van der Waals surface area contributed by atoms with Gasteiger partial charge in [0, 0.05) is 4.88 Å². The lowest BCUT2D eigenvalue weighted by Crippen LogP contribution is -2.57. The molecule has 1 aliphatic carbocycles. The largest absolute Gasteiger partial charge is 0.465 e. The smallest absolute Gasteiger partial charge is 0.460 e. The second kappa shape index (κ2) is 7.53. The number of carbonyl (C=O) groups excluding carboxylic acids is 2. The van der Waals surface area contributed by atoms with E-state index in [2.05, 4.69) is 4.74 Å². The number of amides is 1. The van der Waals surface area contributed by atoms with E-state index in [9.17, 15) is 40.3 Å². The van der Waals surface area contributed by atoms with E-state index < -0.39 is 34.9 Å². The number of hydrogen-bond acceptors (Lipinski definition) is 4. The number of nitrogens with one attached hydrogen (secondary N) is 1. The Morgan fingerprint density at radius 1 is 1.18 bits per heavy atom. The van der Waals surface area contributed by atoms with Crippen LogP contribution in [0.1, 0.15) is 40.6 Å². The van der Waals surface area contributed by atoms with Crippen LogP contribution < -0.4 is 5.32 Å². The van der Waals surface area contributed by atoms with E-state index in [1.807, 2.05) is 6.92 Å². The number of alkyl halides is 7. The van der Waals surface area contributed by atoms with E-state index >= 15 is 0 Å². The molecule has 0 radical (unpaired) electrons. The third-order valence-electron chi connectivity index (χ3n) is 4.60. The highest BCUT2D eigenvalue weighted by Crippen LogP contribution is 2.48. The molecule has 1 unspecified atom stereocenters. The minimum atomic E-state index is -6.64. The van der Waals surface area contributed by atoms with E-state index in [0.29, 0.717) is 41.0 Å². The van der Waals surface area contributed by atoms with Crippen molar-refractivity contribution in [2.75, 3.05) is 12.4 Å². The normalized spacial score (nSPS) is 17.8. The number of carbonyl (C=O) groups is 2. The van der Waals surface area contributed by atoms with Gasteiger partial charge in [-0.25, -0.2) is 4.79 Å². The van der Waals surface area contributed by atoms with Gasteiger partial charge in [-0.05, 0) is 30.7 Å². The molecule has 0 fully saturated rings. The first-order valence-corrected chi connectivity index (χ1v) is 8.96. The first-order chi connectivity index (χ1) is 12.8. The quantitative estimate of drug-likeness (QED) is 0.533. The van der Waals surface area contributed by atoms with Crippen molar-refractivity contribution in [1.82, 2.24) is 0 Å². The summed E-state index contributed by atoms with van der Waals surface area (Å²) < 4.78 is 94.7. The van der Waals surface area contributed by atoms with Gasteiger partial charge in [0.25, 0.3) is 0 Å². The number of rotatable bonds is 5. The number of fused-ring (bicyclic) bond motifs is 1. The summed E-state index contributed by atoms with van der Waals surface area (Å²) in [5.41, 5.74) is 0.124. The molecule has 12 heteroatoms. The van der Waals surface area contributed by atoms with E-state index in [1.165, 1.54) is 5.32 Å². The highest BCUT2D eigenvalue weighted by molar-refractivity contribution is 7.17. The SMILES string of the molecule is CCC1CCc2c(sc(NC(=O)C(F)(F)C(F)(F)C(F)(F)F)c2C(=O)OC)C1. The predicted molar refractivity (Wildman–Crippen MR) is 86.0 cm³/mol. The Bertz CT molecular complexity index is 773. The van der Waals surface area contributed by atoms with Gasteiger partial charge in [-0.3, -0.25) is 4.79 Å². The second-order valence-electron chi connectivity index (χ2n) is 6.32. The van der Waals surface area contributed by atoms with Crippen molar-refractivity contribution in [3.8, 4) is 0 Å². The van der Waals surface area contributed by atoms with Gasteiger partial charge in [0.15, 0.2) is 0 Å². The van der Waals surface area contributed by atoms with Gasteiger partial charge in [0.2, 0.25) is 0 Å². The molecule has 1 aromatic rings. The molecule has 0 aliphatic heterocycles. The van der Waals surface area contributed by atoms with E-state index in [-0.39, 0.29) is 11.5 Å². The molecule has 0 aromatic carbocycles. The van der Waals surface area contributed by atoms with Crippen LogP contribution in [0.5, 0.6) is 0 Å². The number of methoxy groups -OCH3 is 1. The van der Waals surface area contributed by atoms with Crippen molar-refractivity contribution in [3.05, 3.63) is 16.0 Å². The van der Waals surface area contributed by atoms with E-state index in [1.54, 1.807) is 0 Å². The van der Waals surface area contributed by atoms with E-state index in [0.717, 1.165) is 13.5 Å². The standard InChI is InChI=1S/C16H16F7NO3S/c1-3-7-4-5-8-9(6-7)28-11(10(8)12(25)27-2)24-13(26)14(17,18)15(19,20)16(21,22)23/h7H,3-6H2,1-2H3,(H,24,26). The molecule has 1 aliphatic rings. The average Bonchev–Trinajstić information content (AvgIpc) is 2.96. The lowest BCUT2D eigenvalue weighted by molar-refractivity contribution is -0.343. The van der Waals surface area contributed by atoms with E-state index in [4.69, 9.17) is 0 Å². The molecule has 1 N–H and O–H groups in total. The minimum absolute atomic E-state index is 0.233. The van der Waals surface area contributed by atoms with Crippen LogP contribution in [-0.2, 0) is 22.4 Å². The fraction of sp³-hybridized carbons (Fsp3) is 0.625. The molecule has 1 aromatic heterocycles. The van der Waals surface area contributed by atoms with Gasteiger partial charge < -0.3 is 10.1 Å². The average molecular weight is 435 g/mol. The summed E-state index contributed by atoms with van der Waals surface area (Å²) in [6, 6.07) is 0. The lowest BCUT2D eigenvalue weighted by Gasteiger charge is -2.26. The predicted octanol–water partition coefficient (Wildman–Crippen LogP) is 4.82. The summed E-state index contributed by atoms with van der Waals surface area (Å²) >= 11 is 0.695. The first kappa shape index (κ1) is 22.4. The summed E-state index contributed by atoms with van der Waals surface area (Å²) in [7, 11) is 0.988. The van der Waals surface area contributed by atoms with Gasteiger partial charge in [-0.15, -0.1) is 11.3 Å². The molecular formula is C16H16F7NO3S. The molecule has 28 heavy (non-hydrogen) atoms. The van der Waals surface area contributed by atoms with Crippen LogP contribution in [-0.4, -0.2) is 37.0 Å². The Balaban J connectivity index is 2.42. The summed E-state index contributed by atoms with van der Waals surface area (Å²) in [5, 5.41) is 0.852. The van der Waals surface area contributed by atoms with Crippen molar-refractivity contribution < 1.29 is 45.1 Å². The maximum Gasteiger partial charge on any atom is 0.460 e. The molecule has 0 saturated heterocycles. The van der Waals surface area contributed by atoms with Crippen molar-refractivity contribution in [1.29, 1.82) is 0 Å². The van der Waals surface area contributed by atoms with Crippen molar-refractivity contribution in [2.24, 2.45) is 5.92 Å². The number of halogens is 7. The number of thiophene rings is 1. The number of ether oxygens (including phenoxy) is 1. The van der Waals surface area contributed by atoms with Crippen LogP contribution in [0.25, 0.3) is 0 Å². The molecule has 1 amide bonds. The summed E-state index contributed by atoms with van der Waals surface area (Å²) in [6.45, 7) is 1.92. The van der Waals surface area contributed by atoms with Crippen LogP contribution in [0.2, 0.25) is 0 Å². The number of anilines is 1. The van der Waals surface area contributed by atoms with Crippen molar-refractivity contribution in [2.45, 2.75) is 50.6 Å². The summed E-state index contributed by atoms with van der Waals surface area (Å²) in [6.07, 6.45) is -4.35. The molecule has 1 heterocycles. The highest BCUT2D eigenvalue weighted by Gasteiger charge is 2.76. The monoisotopic (exact) mass is 435 g/mol. The van der Waals surface area contributed by atoms with Gasteiger partial charge >= 0.3 is 29.9 Å². The minimum Gasteiger partial charge on any atom is -0.465 e. The third-order valence-corrected chi connectivity index (χ3v) is 5.77. The van der Waals surface area contributed by atoms with Crippen molar-refractivity contribution >= 4 is 28.2 Å². The van der Waals surface area contributed by atoms with Crippen LogP contribution in [0.4, 0.5) is 35.7 Å². The molecule has 4 nitrogen and oxygen atoms in total. The molecule has 158 valence electrons. The molecule has 0 bridgehead atoms. The molecule has 0 spiro atoms. The highest BCUT2D eigenvalue weighted by atomic mass is 32.1. The maximum absolute atomic E-state index is 13.6. The van der Waals surface area contributed by atoms with Crippen LogP contribution in [0, 0.1) is 5.92 Å². The Labute approximate surface area is 159 Å². The Morgan fingerprint density at radius 3 is 2.29 bits per heavy atom. The molecule has 1 atom stereocenters. The third kappa shape index (κ3) is 3.70. The topological polar surface area (TPSA) is 55.4 Å². The Kier molecular flexibility index (Phi) is 6.03. The van der Waals surface area contributed by atoms with Crippen LogP contribution >= 0.6 is 11.3 Å². The molecule has 2 rings (SSSR count). The zero-order valence-electron chi connectivity index (χ0n) is 14.7. The van der Waals surface area contributed by atoms with Crippen molar-refractivity contribution in [3.63, 3.8) is 0 Å². The second-order valence-corrected chi connectivity index (χ2v) is 7.42. The number of esters is 1. The first-order valence-electron chi connectivity index (χ1n) is 8.14. The summed E-state index contributed by atoms with van der Waals surface area (Å²) in [5.74, 6) is -16.3. The zero-order valence-corrected chi connectivity index (χ0v) is 15.5. The van der Waals surface area contributed by atoms with Gasteiger partial charge in [-0.1, -0.05) is 13.3 Å². The number of hydrogen-bond donors (Lipinski definition) is 1. The van der Waals surface area contributed by atoms with Crippen LogP contribution in [0.15, 0.2) is 0 Å². The fourth-order valence-corrected chi connectivity index (χ4v) is 4.26. The molecular weight excluding hydrogens is 419 g/mol. The maximum atomic E-state index is 13.6. The van der Waals surface area contributed by atoms with Gasteiger partial charge in [-0.2, -0.15) is 30.7 Å². The zero-order chi connectivity index (χ0) is 21.5. The van der Waals surface area contributed by atoms with Crippen LogP contribution in [0.3, 0.4) is 0 Å². The van der Waals surface area contributed by atoms with Gasteiger partial charge in [0.1, 0.15) is 5.00 Å². The summed E-state index contributed by atoms with van der Waals surface area (Å²) in [4.78, 5) is 24.2. The lowest BCUT2D eigenvalue weighted by atomic mass is 9.85. The fourth-order valence-electron chi connectivity index (χ4n) is 2.91. The Hall–Kier alpha value is -1.85. The molecule has 0 saturated carbocycles. The van der Waals surface area contributed by atoms with Gasteiger partial charge in [0.05, 0.1) is 12.7 Å². The Morgan fingerprint density at radius 2 is 1.79 bits per heavy atom.